The van der Waals surface area contributed by atoms with Crippen LogP contribution in [0.25, 0.3) is 0 Å². The van der Waals surface area contributed by atoms with Crippen molar-refractivity contribution in [3.8, 4) is 0 Å². The van der Waals surface area contributed by atoms with Crippen molar-refractivity contribution in [2.75, 3.05) is 19.7 Å². The number of unbranched alkanes of at least 4 members (excludes halogenated alkanes) is 12. The zero-order chi connectivity index (χ0) is 16.4. The number of hydroxylamine groups is 2. The molecule has 0 aromatic heterocycles. The van der Waals surface area contributed by atoms with Gasteiger partial charge in [0.1, 0.15) is 0 Å². The summed E-state index contributed by atoms with van der Waals surface area (Å²) in [6.07, 6.45) is 23.8. The molecule has 0 spiro atoms. The van der Waals surface area contributed by atoms with Crippen LogP contribution in [0.1, 0.15) is 96.8 Å². The second-order valence-corrected chi connectivity index (χ2v) is 6.76. The topological polar surface area (TPSA) is 21.7 Å². The molecule has 0 bridgehead atoms. The molecule has 0 radical (unpaired) electrons. The Kier molecular flexibility index (Phi) is 14.8. The Bertz CT molecular complexity index is 262. The number of nitrogens with zero attached hydrogens (tertiary/aromatic N) is 1. The Morgan fingerprint density at radius 1 is 0.739 bits per heavy atom. The van der Waals surface area contributed by atoms with E-state index in [2.05, 4.69) is 19.1 Å². The van der Waals surface area contributed by atoms with Gasteiger partial charge in [0.05, 0.1) is 13.2 Å². The Morgan fingerprint density at radius 3 is 1.87 bits per heavy atom. The van der Waals surface area contributed by atoms with Crippen molar-refractivity contribution in [3.63, 3.8) is 0 Å². The van der Waals surface area contributed by atoms with E-state index >= 15 is 0 Å². The van der Waals surface area contributed by atoms with Crippen LogP contribution in [0, 0.1) is 0 Å². The lowest BCUT2D eigenvalue weighted by atomic mass is 10.1. The molecule has 0 atom stereocenters. The summed E-state index contributed by atoms with van der Waals surface area (Å²) >= 11 is 0. The molecule has 1 aliphatic rings. The van der Waals surface area contributed by atoms with Gasteiger partial charge in [-0.1, -0.05) is 76.9 Å². The minimum atomic E-state index is 0.715. The van der Waals surface area contributed by atoms with Crippen LogP contribution in [0.3, 0.4) is 0 Å². The van der Waals surface area contributed by atoms with Gasteiger partial charge in [-0.15, -0.1) is 4.99 Å². The highest BCUT2D eigenvalue weighted by Gasteiger charge is 2.12. The molecule has 1 saturated heterocycles. The standard InChI is InChI=1S/C20H39NO2/c1-2-3-4-5-6-7-8-9-10-11-12-13-14-15-16-17-18-21-19-20-22-23-21/h9-10H,2-8,11-20H2,1H3. The summed E-state index contributed by atoms with van der Waals surface area (Å²) in [5, 5.41) is 1.93. The van der Waals surface area contributed by atoms with Gasteiger partial charge in [-0.05, 0) is 32.1 Å². The van der Waals surface area contributed by atoms with E-state index in [0.717, 1.165) is 13.1 Å². The fourth-order valence-electron chi connectivity index (χ4n) is 2.97. The fraction of sp³-hybridized carbons (Fsp3) is 0.900. The van der Waals surface area contributed by atoms with E-state index in [9.17, 15) is 0 Å². The van der Waals surface area contributed by atoms with Crippen LogP contribution in [-0.2, 0) is 9.88 Å². The molecular weight excluding hydrogens is 286 g/mol. The van der Waals surface area contributed by atoms with Crippen molar-refractivity contribution in [2.24, 2.45) is 0 Å². The SMILES string of the molecule is CCCCCCCCC=CCCCCCCCCN1CCOO1. The smallest absolute Gasteiger partial charge is 0.0993 e. The third kappa shape index (κ3) is 13.7. The predicted molar refractivity (Wildman–Crippen MR) is 98.1 cm³/mol. The molecule has 1 fully saturated rings. The van der Waals surface area contributed by atoms with Crippen molar-refractivity contribution in [1.29, 1.82) is 0 Å². The van der Waals surface area contributed by atoms with E-state index in [4.69, 9.17) is 9.88 Å². The summed E-state index contributed by atoms with van der Waals surface area (Å²) in [6.45, 7) is 4.93. The summed E-state index contributed by atoms with van der Waals surface area (Å²) in [5.41, 5.74) is 0. The lowest BCUT2D eigenvalue weighted by Gasteiger charge is -2.09. The zero-order valence-electron chi connectivity index (χ0n) is 15.4. The first-order chi connectivity index (χ1) is 11.4. The summed E-state index contributed by atoms with van der Waals surface area (Å²) in [5.74, 6) is 0. The van der Waals surface area contributed by atoms with Crippen LogP contribution in [0.15, 0.2) is 12.2 Å². The summed E-state index contributed by atoms with van der Waals surface area (Å²) in [7, 11) is 0. The molecule has 0 aromatic carbocycles. The van der Waals surface area contributed by atoms with E-state index in [0.29, 0.717) is 6.61 Å². The Labute approximate surface area is 144 Å². The Morgan fingerprint density at radius 2 is 1.30 bits per heavy atom. The van der Waals surface area contributed by atoms with Crippen LogP contribution < -0.4 is 0 Å². The number of hydrogen-bond acceptors (Lipinski definition) is 3. The molecular formula is C20H39NO2. The first-order valence-corrected chi connectivity index (χ1v) is 10.1. The molecule has 0 amide bonds. The largest absolute Gasteiger partial charge is 0.216 e. The first kappa shape index (κ1) is 20.7. The third-order valence-electron chi connectivity index (χ3n) is 4.50. The van der Waals surface area contributed by atoms with Gasteiger partial charge in [0, 0.05) is 6.54 Å². The Hall–Kier alpha value is -0.380. The quantitative estimate of drug-likeness (QED) is 0.191. The second-order valence-electron chi connectivity index (χ2n) is 6.76. The summed E-state index contributed by atoms with van der Waals surface area (Å²) < 4.78 is 0. The van der Waals surface area contributed by atoms with E-state index in [1.54, 1.807) is 0 Å². The maximum Gasteiger partial charge on any atom is 0.0993 e. The van der Waals surface area contributed by atoms with Crippen molar-refractivity contribution in [1.82, 2.24) is 5.06 Å². The van der Waals surface area contributed by atoms with Crippen LogP contribution in [0.2, 0.25) is 0 Å². The molecule has 0 unspecified atom stereocenters. The molecule has 3 heteroatoms. The molecule has 0 saturated carbocycles. The highest BCUT2D eigenvalue weighted by atomic mass is 17.3. The molecule has 0 N–H and O–H groups in total. The normalized spacial score (nSPS) is 15.9. The second kappa shape index (κ2) is 16.5. The number of allylic oxidation sites excluding steroid dienone is 2. The fourth-order valence-corrected chi connectivity index (χ4v) is 2.97. The lowest BCUT2D eigenvalue weighted by molar-refractivity contribution is -0.370. The molecule has 1 rings (SSSR count). The van der Waals surface area contributed by atoms with Crippen LogP contribution in [0.5, 0.6) is 0 Å². The van der Waals surface area contributed by atoms with Gasteiger partial charge < -0.3 is 0 Å². The van der Waals surface area contributed by atoms with E-state index in [1.165, 1.54) is 89.9 Å². The minimum Gasteiger partial charge on any atom is -0.216 e. The summed E-state index contributed by atoms with van der Waals surface area (Å²) in [4.78, 5) is 9.86. The first-order valence-electron chi connectivity index (χ1n) is 10.1. The maximum atomic E-state index is 5.00. The number of hydrogen-bond donors (Lipinski definition) is 0. The zero-order valence-corrected chi connectivity index (χ0v) is 15.4. The van der Waals surface area contributed by atoms with E-state index in [-0.39, 0.29) is 0 Å². The highest BCUT2D eigenvalue weighted by molar-refractivity contribution is 4.81. The van der Waals surface area contributed by atoms with Gasteiger partial charge >= 0.3 is 0 Å². The van der Waals surface area contributed by atoms with E-state index < -0.39 is 0 Å². The molecule has 23 heavy (non-hydrogen) atoms. The van der Waals surface area contributed by atoms with Crippen LogP contribution >= 0.6 is 0 Å². The van der Waals surface area contributed by atoms with E-state index in [1.807, 2.05) is 5.06 Å². The van der Waals surface area contributed by atoms with Crippen molar-refractivity contribution < 1.29 is 9.88 Å². The monoisotopic (exact) mass is 325 g/mol. The lowest BCUT2D eigenvalue weighted by Crippen LogP contribution is -2.19. The van der Waals surface area contributed by atoms with Gasteiger partial charge in [-0.2, -0.15) is 5.06 Å². The average Bonchev–Trinajstić information content (AvgIpc) is 3.08. The molecule has 136 valence electrons. The van der Waals surface area contributed by atoms with Crippen molar-refractivity contribution in [2.45, 2.75) is 96.8 Å². The van der Waals surface area contributed by atoms with Crippen molar-refractivity contribution >= 4 is 0 Å². The maximum absolute atomic E-state index is 5.00. The van der Waals surface area contributed by atoms with Crippen molar-refractivity contribution in [3.05, 3.63) is 12.2 Å². The molecule has 1 aliphatic heterocycles. The van der Waals surface area contributed by atoms with Crippen LogP contribution in [-0.4, -0.2) is 24.8 Å². The van der Waals surface area contributed by atoms with Gasteiger partial charge in [-0.25, -0.2) is 4.89 Å². The highest BCUT2D eigenvalue weighted by Crippen LogP contribution is 2.11. The number of rotatable bonds is 16. The van der Waals surface area contributed by atoms with Gasteiger partial charge in [0.2, 0.25) is 0 Å². The predicted octanol–water partition coefficient (Wildman–Crippen LogP) is 6.20. The third-order valence-corrected chi connectivity index (χ3v) is 4.50. The van der Waals surface area contributed by atoms with Gasteiger partial charge in [0.25, 0.3) is 0 Å². The van der Waals surface area contributed by atoms with Gasteiger partial charge in [-0.3, -0.25) is 0 Å². The minimum absolute atomic E-state index is 0.715. The molecule has 0 aliphatic carbocycles. The van der Waals surface area contributed by atoms with Gasteiger partial charge in [0.15, 0.2) is 0 Å². The molecule has 1 heterocycles. The Balaban J connectivity index is 1.69. The average molecular weight is 326 g/mol. The summed E-state index contributed by atoms with van der Waals surface area (Å²) in [6, 6.07) is 0. The molecule has 0 aromatic rings. The molecule has 3 nitrogen and oxygen atoms in total. The van der Waals surface area contributed by atoms with Crippen LogP contribution in [0.4, 0.5) is 0 Å².